The molecule has 1 aromatic heterocycles. The summed E-state index contributed by atoms with van der Waals surface area (Å²) in [6, 6.07) is 10.5. The van der Waals surface area contributed by atoms with Crippen molar-refractivity contribution in [2.75, 3.05) is 0 Å². The van der Waals surface area contributed by atoms with Crippen molar-refractivity contribution >= 4 is 58.2 Å². The lowest BCUT2D eigenvalue weighted by molar-refractivity contribution is 0.0651. The van der Waals surface area contributed by atoms with Crippen LogP contribution in [0.15, 0.2) is 42.7 Å². The molecule has 0 spiro atoms. The Morgan fingerprint density at radius 3 is 2.46 bits per heavy atom. The number of hydrogen-bond acceptors (Lipinski definition) is 4. The maximum Gasteiger partial charge on any atom is 0.150 e. The van der Waals surface area contributed by atoms with E-state index in [0.717, 1.165) is 5.56 Å². The standard InChI is InChI=1S/C17H12Cl4N4O/c18-10-5-14(20)12(15(21)6-10)8-26-25-16(7-17-22-9-23-24-17)11-3-1-2-4-13(11)19/h1-7,9,25H,8H2,(H,22,23,24). The molecular formula is C17H12Cl4N4O. The molecule has 9 heteroatoms. The Hall–Kier alpha value is -1.76. The predicted molar refractivity (Wildman–Crippen MR) is 105 cm³/mol. The first-order chi connectivity index (χ1) is 12.5. The number of hydroxylamine groups is 1. The van der Waals surface area contributed by atoms with Crippen molar-refractivity contribution in [3.8, 4) is 0 Å². The second kappa shape index (κ2) is 8.75. The highest BCUT2D eigenvalue weighted by Crippen LogP contribution is 2.30. The van der Waals surface area contributed by atoms with Crippen LogP contribution < -0.4 is 5.48 Å². The van der Waals surface area contributed by atoms with Gasteiger partial charge in [0.25, 0.3) is 0 Å². The van der Waals surface area contributed by atoms with Crippen molar-refractivity contribution in [3.63, 3.8) is 0 Å². The zero-order valence-corrected chi connectivity index (χ0v) is 16.2. The first-order valence-electron chi connectivity index (χ1n) is 7.38. The largest absolute Gasteiger partial charge is 0.271 e. The third kappa shape index (κ3) is 4.69. The van der Waals surface area contributed by atoms with Crippen molar-refractivity contribution in [2.45, 2.75) is 6.61 Å². The molecule has 2 N–H and O–H groups in total. The van der Waals surface area contributed by atoms with E-state index in [2.05, 4.69) is 20.7 Å². The molecule has 26 heavy (non-hydrogen) atoms. The maximum atomic E-state index is 6.28. The van der Waals surface area contributed by atoms with Crippen molar-refractivity contribution in [1.29, 1.82) is 0 Å². The smallest absolute Gasteiger partial charge is 0.150 e. The van der Waals surface area contributed by atoms with Gasteiger partial charge in [-0.1, -0.05) is 64.6 Å². The summed E-state index contributed by atoms with van der Waals surface area (Å²) in [5.74, 6) is 0.540. The summed E-state index contributed by atoms with van der Waals surface area (Å²) in [5, 5.41) is 8.43. The number of nitrogens with zero attached hydrogens (tertiary/aromatic N) is 2. The molecule has 3 rings (SSSR count). The molecule has 0 aliphatic heterocycles. The minimum absolute atomic E-state index is 0.118. The number of nitrogens with one attached hydrogen (secondary N) is 2. The van der Waals surface area contributed by atoms with E-state index < -0.39 is 0 Å². The van der Waals surface area contributed by atoms with Gasteiger partial charge in [0, 0.05) is 37.3 Å². The van der Waals surface area contributed by atoms with Crippen molar-refractivity contribution in [2.24, 2.45) is 0 Å². The zero-order chi connectivity index (χ0) is 18.5. The van der Waals surface area contributed by atoms with Crippen LogP contribution in [-0.2, 0) is 11.4 Å². The molecule has 0 fully saturated rings. The average molecular weight is 430 g/mol. The number of hydrogen-bond donors (Lipinski definition) is 2. The fraction of sp³-hybridized carbons (Fsp3) is 0.0588. The van der Waals surface area contributed by atoms with Crippen LogP contribution in [0.25, 0.3) is 11.8 Å². The van der Waals surface area contributed by atoms with Crippen molar-refractivity contribution in [1.82, 2.24) is 20.7 Å². The number of aromatic amines is 1. The van der Waals surface area contributed by atoms with Crippen molar-refractivity contribution in [3.05, 3.63) is 79.8 Å². The molecule has 0 bridgehead atoms. The summed E-state index contributed by atoms with van der Waals surface area (Å²) in [6.07, 6.45) is 3.13. The van der Waals surface area contributed by atoms with Crippen LogP contribution in [-0.4, -0.2) is 15.2 Å². The van der Waals surface area contributed by atoms with E-state index in [0.29, 0.717) is 37.2 Å². The van der Waals surface area contributed by atoms with E-state index in [1.807, 2.05) is 18.2 Å². The van der Waals surface area contributed by atoms with Crippen LogP contribution in [0.1, 0.15) is 17.0 Å². The predicted octanol–water partition coefficient (Wildman–Crippen LogP) is 5.64. The highest BCUT2D eigenvalue weighted by atomic mass is 35.5. The molecular weight excluding hydrogens is 418 g/mol. The minimum atomic E-state index is 0.118. The first kappa shape index (κ1) is 19.0. The van der Waals surface area contributed by atoms with E-state index in [1.165, 1.54) is 6.33 Å². The summed E-state index contributed by atoms with van der Waals surface area (Å²) in [7, 11) is 0. The van der Waals surface area contributed by atoms with E-state index >= 15 is 0 Å². The number of benzene rings is 2. The molecule has 0 aliphatic rings. The van der Waals surface area contributed by atoms with Gasteiger partial charge in [0.1, 0.15) is 18.8 Å². The topological polar surface area (TPSA) is 62.8 Å². The molecule has 3 aromatic rings. The van der Waals surface area contributed by atoms with Gasteiger partial charge >= 0.3 is 0 Å². The minimum Gasteiger partial charge on any atom is -0.271 e. The zero-order valence-electron chi connectivity index (χ0n) is 13.1. The molecule has 0 saturated heterocycles. The van der Waals surface area contributed by atoms with Crippen LogP contribution >= 0.6 is 46.4 Å². The molecule has 0 saturated carbocycles. The second-order valence-electron chi connectivity index (χ2n) is 5.15. The van der Waals surface area contributed by atoms with E-state index in [1.54, 1.807) is 24.3 Å². The quantitative estimate of drug-likeness (QED) is 0.498. The summed E-state index contributed by atoms with van der Waals surface area (Å²) >= 11 is 24.5. The molecule has 1 heterocycles. The van der Waals surface area contributed by atoms with Crippen LogP contribution in [0.4, 0.5) is 0 Å². The van der Waals surface area contributed by atoms with Gasteiger partial charge in [0.2, 0.25) is 0 Å². The monoisotopic (exact) mass is 428 g/mol. The lowest BCUT2D eigenvalue weighted by Gasteiger charge is -2.14. The van der Waals surface area contributed by atoms with Gasteiger partial charge in [0.15, 0.2) is 0 Å². The molecule has 0 unspecified atom stereocenters. The summed E-state index contributed by atoms with van der Waals surface area (Å²) in [5.41, 5.74) is 4.81. The fourth-order valence-corrected chi connectivity index (χ4v) is 3.32. The molecule has 0 atom stereocenters. The number of halogens is 4. The summed E-state index contributed by atoms with van der Waals surface area (Å²) < 4.78 is 0. The van der Waals surface area contributed by atoms with Crippen LogP contribution in [0.3, 0.4) is 0 Å². The number of rotatable bonds is 6. The highest BCUT2D eigenvalue weighted by molar-refractivity contribution is 6.39. The van der Waals surface area contributed by atoms with Gasteiger partial charge in [-0.3, -0.25) is 15.4 Å². The van der Waals surface area contributed by atoms with Gasteiger partial charge in [-0.15, -0.1) is 0 Å². The molecule has 0 aliphatic carbocycles. The van der Waals surface area contributed by atoms with Crippen LogP contribution in [0.2, 0.25) is 20.1 Å². The number of H-pyrrole nitrogens is 1. The van der Waals surface area contributed by atoms with Crippen molar-refractivity contribution < 1.29 is 4.84 Å². The van der Waals surface area contributed by atoms with E-state index in [9.17, 15) is 0 Å². The lowest BCUT2D eigenvalue weighted by Crippen LogP contribution is -2.14. The van der Waals surface area contributed by atoms with Gasteiger partial charge in [-0.05, 0) is 18.2 Å². The summed E-state index contributed by atoms with van der Waals surface area (Å²) in [6.45, 7) is 0.118. The van der Waals surface area contributed by atoms with Gasteiger partial charge < -0.3 is 0 Å². The Kier molecular flexibility index (Phi) is 6.40. The van der Waals surface area contributed by atoms with E-state index in [-0.39, 0.29) is 6.61 Å². The molecule has 0 amide bonds. The van der Waals surface area contributed by atoms with Crippen LogP contribution in [0, 0.1) is 0 Å². The highest BCUT2D eigenvalue weighted by Gasteiger charge is 2.11. The number of aromatic nitrogens is 3. The Morgan fingerprint density at radius 2 is 1.81 bits per heavy atom. The Labute approximate surface area is 169 Å². The molecule has 134 valence electrons. The summed E-state index contributed by atoms with van der Waals surface area (Å²) in [4.78, 5) is 9.67. The third-order valence-corrected chi connectivity index (χ3v) is 4.61. The molecule has 5 nitrogen and oxygen atoms in total. The van der Waals surface area contributed by atoms with Gasteiger partial charge in [-0.25, -0.2) is 4.98 Å². The maximum absolute atomic E-state index is 6.28. The SMILES string of the molecule is Clc1cc(Cl)c(CONC(=Cc2ncn[nH]2)c2ccccc2Cl)c(Cl)c1. The fourth-order valence-electron chi connectivity index (χ4n) is 2.16. The van der Waals surface area contributed by atoms with Crippen LogP contribution in [0.5, 0.6) is 0 Å². The van der Waals surface area contributed by atoms with Gasteiger partial charge in [0.05, 0.1) is 5.70 Å². The molecule has 0 radical (unpaired) electrons. The Morgan fingerprint density at radius 1 is 1.08 bits per heavy atom. The van der Waals surface area contributed by atoms with Gasteiger partial charge in [-0.2, -0.15) is 5.10 Å². The third-order valence-electron chi connectivity index (χ3n) is 3.38. The lowest BCUT2D eigenvalue weighted by atomic mass is 10.1. The second-order valence-corrected chi connectivity index (χ2v) is 6.81. The Bertz CT molecular complexity index is 905. The molecule has 2 aromatic carbocycles. The average Bonchev–Trinajstić information content (AvgIpc) is 3.10. The first-order valence-corrected chi connectivity index (χ1v) is 8.89. The Balaban J connectivity index is 1.81. The van der Waals surface area contributed by atoms with E-state index in [4.69, 9.17) is 51.2 Å². The normalized spacial score (nSPS) is 11.6.